The summed E-state index contributed by atoms with van der Waals surface area (Å²) in [7, 11) is 1.61. The highest BCUT2D eigenvalue weighted by atomic mass is 16.1. The molecule has 0 aliphatic heterocycles. The van der Waals surface area contributed by atoms with Crippen molar-refractivity contribution in [3.05, 3.63) is 48.2 Å². The first kappa shape index (κ1) is 12.2. The quantitative estimate of drug-likeness (QED) is 0.678. The van der Waals surface area contributed by atoms with E-state index in [2.05, 4.69) is 25.8 Å². The van der Waals surface area contributed by atoms with Gasteiger partial charge in [-0.25, -0.2) is 4.98 Å². The van der Waals surface area contributed by atoms with E-state index in [0.29, 0.717) is 11.2 Å². The molecule has 3 rings (SSSR count). The van der Waals surface area contributed by atoms with Crippen molar-refractivity contribution >= 4 is 28.4 Å². The third kappa shape index (κ3) is 2.18. The zero-order valence-electron chi connectivity index (χ0n) is 10.8. The topological polar surface area (TPSA) is 82.7 Å². The van der Waals surface area contributed by atoms with Gasteiger partial charge in [-0.15, -0.1) is 0 Å². The van der Waals surface area contributed by atoms with Gasteiger partial charge in [0.1, 0.15) is 5.82 Å². The number of fused-ring (bicyclic) bond motifs is 1. The molecule has 3 N–H and O–H groups in total. The van der Waals surface area contributed by atoms with Crippen LogP contribution >= 0.6 is 0 Å². The second-order valence-electron chi connectivity index (χ2n) is 4.25. The van der Waals surface area contributed by atoms with Crippen molar-refractivity contribution in [1.29, 1.82) is 0 Å². The van der Waals surface area contributed by atoms with E-state index in [4.69, 9.17) is 0 Å². The van der Waals surface area contributed by atoms with Crippen LogP contribution < -0.4 is 10.6 Å². The summed E-state index contributed by atoms with van der Waals surface area (Å²) in [6, 6.07) is 11.0. The molecule has 100 valence electrons. The first-order valence-electron chi connectivity index (χ1n) is 6.16. The van der Waals surface area contributed by atoms with Crippen LogP contribution in [-0.2, 0) is 0 Å². The highest BCUT2D eigenvalue weighted by Crippen LogP contribution is 2.22. The minimum atomic E-state index is -0.104. The van der Waals surface area contributed by atoms with Crippen LogP contribution in [0.3, 0.4) is 0 Å². The van der Waals surface area contributed by atoms with E-state index in [1.54, 1.807) is 25.4 Å². The Labute approximate surface area is 115 Å². The van der Waals surface area contributed by atoms with Crippen LogP contribution in [0.4, 0.5) is 11.5 Å². The lowest BCUT2D eigenvalue weighted by Gasteiger charge is -2.05. The third-order valence-corrected chi connectivity index (χ3v) is 2.97. The molecule has 2 aromatic heterocycles. The number of nitrogens with zero attached hydrogens (tertiary/aromatic N) is 2. The predicted octanol–water partition coefficient (Wildman–Crippen LogP) is 2.06. The number of benzene rings is 1. The Kier molecular flexibility index (Phi) is 3.04. The Morgan fingerprint density at radius 2 is 2.00 bits per heavy atom. The average molecular weight is 267 g/mol. The molecule has 20 heavy (non-hydrogen) atoms. The summed E-state index contributed by atoms with van der Waals surface area (Å²) in [6.07, 6.45) is 1.70. The third-order valence-electron chi connectivity index (χ3n) is 2.97. The number of carbonyl (C=O) groups is 1. The van der Waals surface area contributed by atoms with Gasteiger partial charge >= 0.3 is 0 Å². The second-order valence-corrected chi connectivity index (χ2v) is 4.25. The number of carbonyl (C=O) groups excluding carboxylic acids is 1. The van der Waals surface area contributed by atoms with Gasteiger partial charge in [0.15, 0.2) is 5.65 Å². The molecule has 0 saturated carbocycles. The van der Waals surface area contributed by atoms with Crippen molar-refractivity contribution in [3.63, 3.8) is 0 Å². The number of aromatic amines is 1. The molecule has 6 heteroatoms. The summed E-state index contributed by atoms with van der Waals surface area (Å²) in [5.74, 6) is 0.675. The average Bonchev–Trinajstić information content (AvgIpc) is 2.91. The SMILES string of the molecule is CNC(=O)c1ccc(Nc2[nH]nc3ncccc23)cc1. The van der Waals surface area contributed by atoms with Crippen LogP contribution in [0, 0.1) is 0 Å². The molecule has 0 unspecified atom stereocenters. The lowest BCUT2D eigenvalue weighted by molar-refractivity contribution is 0.0963. The van der Waals surface area contributed by atoms with Gasteiger partial charge in [-0.3, -0.25) is 9.89 Å². The fourth-order valence-electron chi connectivity index (χ4n) is 1.94. The largest absolute Gasteiger partial charge is 0.355 e. The standard InChI is InChI=1S/C14H13N5O/c1-15-14(20)9-4-6-10(7-5-9)17-13-11-3-2-8-16-12(11)18-19-13/h2-8H,1H3,(H,15,20)(H2,16,17,18,19). The zero-order valence-corrected chi connectivity index (χ0v) is 10.8. The second kappa shape index (κ2) is 5.00. The molecule has 3 aromatic rings. The highest BCUT2D eigenvalue weighted by Gasteiger charge is 2.06. The molecule has 6 nitrogen and oxygen atoms in total. The molecule has 2 heterocycles. The number of anilines is 2. The number of pyridine rings is 1. The molecule has 1 aromatic carbocycles. The number of rotatable bonds is 3. The summed E-state index contributed by atoms with van der Waals surface area (Å²) >= 11 is 0. The highest BCUT2D eigenvalue weighted by molar-refractivity contribution is 5.94. The van der Waals surface area contributed by atoms with E-state index in [-0.39, 0.29) is 5.91 Å². The van der Waals surface area contributed by atoms with Gasteiger partial charge in [0.05, 0.1) is 5.39 Å². The van der Waals surface area contributed by atoms with Crippen LogP contribution in [-0.4, -0.2) is 28.1 Å². The number of H-pyrrole nitrogens is 1. The van der Waals surface area contributed by atoms with Crippen molar-refractivity contribution in [1.82, 2.24) is 20.5 Å². The van der Waals surface area contributed by atoms with Gasteiger partial charge in [-0.2, -0.15) is 5.10 Å². The van der Waals surface area contributed by atoms with Gasteiger partial charge in [-0.05, 0) is 36.4 Å². The molecule has 0 aliphatic rings. The molecule has 1 amide bonds. The van der Waals surface area contributed by atoms with Crippen LogP contribution in [0.2, 0.25) is 0 Å². The van der Waals surface area contributed by atoms with E-state index in [1.807, 2.05) is 24.3 Å². The van der Waals surface area contributed by atoms with E-state index < -0.39 is 0 Å². The molecule has 0 radical (unpaired) electrons. The van der Waals surface area contributed by atoms with Gasteiger partial charge in [-0.1, -0.05) is 0 Å². The van der Waals surface area contributed by atoms with Crippen LogP contribution in [0.25, 0.3) is 11.0 Å². The Balaban J connectivity index is 1.86. The normalized spacial score (nSPS) is 10.4. The van der Waals surface area contributed by atoms with Gasteiger partial charge in [0.25, 0.3) is 5.91 Å². The van der Waals surface area contributed by atoms with Crippen LogP contribution in [0.15, 0.2) is 42.6 Å². The predicted molar refractivity (Wildman–Crippen MR) is 77.0 cm³/mol. The molecule has 0 saturated heterocycles. The maximum Gasteiger partial charge on any atom is 0.251 e. The summed E-state index contributed by atoms with van der Waals surface area (Å²) in [5, 5.41) is 13.7. The lowest BCUT2D eigenvalue weighted by Crippen LogP contribution is -2.17. The smallest absolute Gasteiger partial charge is 0.251 e. The maximum atomic E-state index is 11.5. The van der Waals surface area contributed by atoms with Crippen molar-refractivity contribution in [2.75, 3.05) is 12.4 Å². The van der Waals surface area contributed by atoms with E-state index in [9.17, 15) is 4.79 Å². The molecular weight excluding hydrogens is 254 g/mol. The lowest BCUT2D eigenvalue weighted by atomic mass is 10.2. The Morgan fingerprint density at radius 1 is 1.20 bits per heavy atom. The van der Waals surface area contributed by atoms with E-state index >= 15 is 0 Å². The Bertz CT molecular complexity index is 748. The maximum absolute atomic E-state index is 11.5. The summed E-state index contributed by atoms with van der Waals surface area (Å²) < 4.78 is 0. The number of hydrogen-bond acceptors (Lipinski definition) is 4. The summed E-state index contributed by atoms with van der Waals surface area (Å²) in [4.78, 5) is 15.6. The van der Waals surface area contributed by atoms with Crippen LogP contribution in [0.1, 0.15) is 10.4 Å². The summed E-state index contributed by atoms with van der Waals surface area (Å²) in [5.41, 5.74) is 2.15. The molecule has 0 aliphatic carbocycles. The van der Waals surface area contributed by atoms with Gasteiger partial charge in [0, 0.05) is 24.5 Å². The fraction of sp³-hybridized carbons (Fsp3) is 0.0714. The molecule has 0 atom stereocenters. The first-order chi connectivity index (χ1) is 9.78. The Morgan fingerprint density at radius 3 is 2.75 bits per heavy atom. The van der Waals surface area contributed by atoms with Crippen molar-refractivity contribution in [3.8, 4) is 0 Å². The van der Waals surface area contributed by atoms with Gasteiger partial charge in [0.2, 0.25) is 0 Å². The summed E-state index contributed by atoms with van der Waals surface area (Å²) in [6.45, 7) is 0. The minimum Gasteiger partial charge on any atom is -0.355 e. The molecule has 0 fully saturated rings. The fourth-order valence-corrected chi connectivity index (χ4v) is 1.94. The molecular formula is C14H13N5O. The van der Waals surface area contributed by atoms with Crippen molar-refractivity contribution in [2.24, 2.45) is 0 Å². The molecule has 0 spiro atoms. The minimum absolute atomic E-state index is 0.104. The first-order valence-corrected chi connectivity index (χ1v) is 6.16. The molecule has 0 bridgehead atoms. The van der Waals surface area contributed by atoms with Crippen molar-refractivity contribution < 1.29 is 4.79 Å². The monoisotopic (exact) mass is 267 g/mol. The zero-order chi connectivity index (χ0) is 13.9. The van der Waals surface area contributed by atoms with Crippen molar-refractivity contribution in [2.45, 2.75) is 0 Å². The number of aromatic nitrogens is 3. The van der Waals surface area contributed by atoms with Crippen LogP contribution in [0.5, 0.6) is 0 Å². The van der Waals surface area contributed by atoms with E-state index in [0.717, 1.165) is 16.9 Å². The van der Waals surface area contributed by atoms with E-state index in [1.165, 1.54) is 0 Å². The van der Waals surface area contributed by atoms with Gasteiger partial charge < -0.3 is 10.6 Å². The number of hydrogen-bond donors (Lipinski definition) is 3. The number of amides is 1. The number of nitrogens with one attached hydrogen (secondary N) is 3. The Hall–Kier alpha value is -2.89.